The van der Waals surface area contributed by atoms with Crippen molar-refractivity contribution in [2.24, 2.45) is 0 Å². The molecule has 1 aliphatic carbocycles. The van der Waals surface area contributed by atoms with Gasteiger partial charge < -0.3 is 0 Å². The monoisotopic (exact) mass is 236 g/mol. The summed E-state index contributed by atoms with van der Waals surface area (Å²) in [7, 11) is 0. The van der Waals surface area contributed by atoms with Crippen molar-refractivity contribution in [1.82, 2.24) is 0 Å². The van der Waals surface area contributed by atoms with Crippen molar-refractivity contribution in [3.63, 3.8) is 0 Å². The molecular weight excluding hydrogens is 208 g/mol. The average molecular weight is 236 g/mol. The first kappa shape index (κ1) is 14.5. The van der Waals surface area contributed by atoms with E-state index in [1.807, 2.05) is 0 Å². The maximum atomic E-state index is 11.4. The minimum Gasteiger partial charge on any atom is -0.295 e. The molecule has 0 heterocycles. The Hall–Kier alpha value is -0.590. The summed E-state index contributed by atoms with van der Waals surface area (Å²) in [6.07, 6.45) is 17.2. The molecule has 0 aromatic rings. The van der Waals surface area contributed by atoms with E-state index in [0.717, 1.165) is 24.8 Å². The Labute approximate surface area is 107 Å². The summed E-state index contributed by atoms with van der Waals surface area (Å²) in [5.74, 6) is 0.407. The predicted molar refractivity (Wildman–Crippen MR) is 74.2 cm³/mol. The zero-order chi connectivity index (χ0) is 12.3. The van der Waals surface area contributed by atoms with Crippen LogP contribution in [0.1, 0.15) is 84.0 Å². The van der Waals surface area contributed by atoms with Gasteiger partial charge in [0.2, 0.25) is 0 Å². The van der Waals surface area contributed by atoms with Crippen LogP contribution in [0.4, 0.5) is 0 Å². The number of Topliss-reactive ketones (excluding diaryl/α,β-unsaturated/α-hetero) is 1. The molecular formula is C16H28O. The Morgan fingerprint density at radius 2 is 1.53 bits per heavy atom. The molecule has 0 radical (unpaired) electrons. The first-order valence-corrected chi connectivity index (χ1v) is 7.57. The fourth-order valence-electron chi connectivity index (χ4n) is 2.52. The van der Waals surface area contributed by atoms with E-state index in [0.29, 0.717) is 5.78 Å². The highest BCUT2D eigenvalue weighted by molar-refractivity contribution is 5.97. The Morgan fingerprint density at radius 1 is 0.941 bits per heavy atom. The lowest BCUT2D eigenvalue weighted by molar-refractivity contribution is -0.115. The van der Waals surface area contributed by atoms with Crippen LogP contribution in [0, 0.1) is 0 Å². The van der Waals surface area contributed by atoms with E-state index in [4.69, 9.17) is 0 Å². The molecule has 0 bridgehead atoms. The molecule has 17 heavy (non-hydrogen) atoms. The molecule has 0 unspecified atom stereocenters. The maximum absolute atomic E-state index is 11.4. The van der Waals surface area contributed by atoms with Gasteiger partial charge in [0.1, 0.15) is 0 Å². The topological polar surface area (TPSA) is 17.1 Å². The van der Waals surface area contributed by atoms with E-state index >= 15 is 0 Å². The van der Waals surface area contributed by atoms with Crippen LogP contribution in [0.15, 0.2) is 11.6 Å². The van der Waals surface area contributed by atoms with Crippen LogP contribution in [0.25, 0.3) is 0 Å². The minimum atomic E-state index is 0.407. The van der Waals surface area contributed by atoms with Crippen molar-refractivity contribution < 1.29 is 4.79 Å². The SMILES string of the molecule is CCCCCCCCCCCC1=CCCC1=O. The number of ketones is 1. The van der Waals surface area contributed by atoms with Crippen LogP contribution in [-0.4, -0.2) is 5.78 Å². The van der Waals surface area contributed by atoms with E-state index in [-0.39, 0.29) is 0 Å². The lowest BCUT2D eigenvalue weighted by Crippen LogP contribution is -1.95. The van der Waals surface area contributed by atoms with Crippen LogP contribution in [0.2, 0.25) is 0 Å². The Morgan fingerprint density at radius 3 is 2.06 bits per heavy atom. The Bertz CT molecular complexity index is 240. The quantitative estimate of drug-likeness (QED) is 0.477. The molecule has 98 valence electrons. The van der Waals surface area contributed by atoms with Crippen molar-refractivity contribution >= 4 is 5.78 Å². The molecule has 1 aliphatic rings. The number of unbranched alkanes of at least 4 members (excludes halogenated alkanes) is 8. The van der Waals surface area contributed by atoms with Gasteiger partial charge in [-0.3, -0.25) is 4.79 Å². The fourth-order valence-corrected chi connectivity index (χ4v) is 2.52. The third kappa shape index (κ3) is 6.65. The molecule has 1 nitrogen and oxygen atoms in total. The van der Waals surface area contributed by atoms with Gasteiger partial charge in [-0.05, 0) is 24.8 Å². The number of carbonyl (C=O) groups is 1. The van der Waals surface area contributed by atoms with Crippen molar-refractivity contribution in [1.29, 1.82) is 0 Å². The van der Waals surface area contributed by atoms with Crippen molar-refractivity contribution in [3.05, 3.63) is 11.6 Å². The number of rotatable bonds is 10. The summed E-state index contributed by atoms with van der Waals surface area (Å²) < 4.78 is 0. The van der Waals surface area contributed by atoms with Crippen LogP contribution in [0.3, 0.4) is 0 Å². The number of hydrogen-bond acceptors (Lipinski definition) is 1. The Balaban J connectivity index is 1.83. The van der Waals surface area contributed by atoms with E-state index in [1.165, 1.54) is 57.8 Å². The third-order valence-electron chi connectivity index (χ3n) is 3.67. The first-order valence-electron chi connectivity index (χ1n) is 7.57. The van der Waals surface area contributed by atoms with Gasteiger partial charge in [-0.2, -0.15) is 0 Å². The molecule has 0 fully saturated rings. The van der Waals surface area contributed by atoms with Gasteiger partial charge in [0.25, 0.3) is 0 Å². The summed E-state index contributed by atoms with van der Waals surface area (Å²) in [6, 6.07) is 0. The third-order valence-corrected chi connectivity index (χ3v) is 3.67. The normalized spacial score (nSPS) is 15.4. The van der Waals surface area contributed by atoms with Gasteiger partial charge in [-0.25, -0.2) is 0 Å². The van der Waals surface area contributed by atoms with Gasteiger partial charge >= 0.3 is 0 Å². The molecule has 0 N–H and O–H groups in total. The molecule has 0 aliphatic heterocycles. The molecule has 0 amide bonds. The molecule has 0 aromatic carbocycles. The van der Waals surface area contributed by atoms with Crippen molar-refractivity contribution in [2.45, 2.75) is 84.0 Å². The van der Waals surface area contributed by atoms with Crippen molar-refractivity contribution in [3.8, 4) is 0 Å². The highest BCUT2D eigenvalue weighted by Crippen LogP contribution is 2.20. The fraction of sp³-hybridized carbons (Fsp3) is 0.812. The number of carbonyl (C=O) groups excluding carboxylic acids is 1. The second kappa shape index (κ2) is 9.44. The zero-order valence-electron chi connectivity index (χ0n) is 11.5. The minimum absolute atomic E-state index is 0.407. The van der Waals surface area contributed by atoms with E-state index < -0.39 is 0 Å². The van der Waals surface area contributed by atoms with E-state index in [9.17, 15) is 4.79 Å². The lowest BCUT2D eigenvalue weighted by atomic mass is 10.0. The first-order chi connectivity index (χ1) is 8.34. The second-order valence-electron chi connectivity index (χ2n) is 5.27. The summed E-state index contributed by atoms with van der Waals surface area (Å²) in [5, 5.41) is 0. The summed E-state index contributed by atoms with van der Waals surface area (Å²) in [4.78, 5) is 11.4. The standard InChI is InChI=1S/C16H28O/c1-2-3-4-5-6-7-8-9-10-12-15-13-11-14-16(15)17/h13H,2-12,14H2,1H3. The molecule has 0 spiro atoms. The van der Waals surface area contributed by atoms with Crippen LogP contribution < -0.4 is 0 Å². The highest BCUT2D eigenvalue weighted by atomic mass is 16.1. The zero-order valence-corrected chi connectivity index (χ0v) is 11.5. The maximum Gasteiger partial charge on any atom is 0.158 e. The molecule has 1 heteroatoms. The average Bonchev–Trinajstić information content (AvgIpc) is 2.73. The molecule has 0 saturated heterocycles. The number of allylic oxidation sites excluding steroid dienone is 2. The molecule has 0 aromatic heterocycles. The Kier molecular flexibility index (Phi) is 8.04. The van der Waals surface area contributed by atoms with Gasteiger partial charge in [-0.1, -0.05) is 64.4 Å². The van der Waals surface area contributed by atoms with Gasteiger partial charge in [-0.15, -0.1) is 0 Å². The summed E-state index contributed by atoms with van der Waals surface area (Å²) >= 11 is 0. The van der Waals surface area contributed by atoms with Crippen LogP contribution in [-0.2, 0) is 4.79 Å². The van der Waals surface area contributed by atoms with Crippen LogP contribution >= 0.6 is 0 Å². The van der Waals surface area contributed by atoms with Gasteiger partial charge in [0.15, 0.2) is 5.78 Å². The molecule has 0 saturated carbocycles. The van der Waals surface area contributed by atoms with E-state index in [1.54, 1.807) is 0 Å². The lowest BCUT2D eigenvalue weighted by Gasteiger charge is -2.02. The largest absolute Gasteiger partial charge is 0.295 e. The van der Waals surface area contributed by atoms with Crippen LogP contribution in [0.5, 0.6) is 0 Å². The van der Waals surface area contributed by atoms with E-state index in [2.05, 4.69) is 13.0 Å². The smallest absolute Gasteiger partial charge is 0.158 e. The molecule has 1 rings (SSSR count). The summed E-state index contributed by atoms with van der Waals surface area (Å²) in [6.45, 7) is 2.26. The van der Waals surface area contributed by atoms with Crippen molar-refractivity contribution in [2.75, 3.05) is 0 Å². The highest BCUT2D eigenvalue weighted by Gasteiger charge is 2.13. The predicted octanol–water partition coefficient (Wildman–Crippen LogP) is 5.20. The van der Waals surface area contributed by atoms with Gasteiger partial charge in [0, 0.05) is 6.42 Å². The molecule has 0 atom stereocenters. The summed E-state index contributed by atoms with van der Waals surface area (Å²) in [5.41, 5.74) is 1.12. The van der Waals surface area contributed by atoms with Gasteiger partial charge in [0.05, 0.1) is 0 Å². The number of hydrogen-bond donors (Lipinski definition) is 0. The second-order valence-corrected chi connectivity index (χ2v) is 5.27.